The fourth-order valence-corrected chi connectivity index (χ4v) is 4.78. The van der Waals surface area contributed by atoms with Gasteiger partial charge in [-0.3, -0.25) is 33.7 Å². The second-order valence-electron chi connectivity index (χ2n) is 11.3. The Morgan fingerprint density at radius 1 is 0.980 bits per heavy atom. The molecule has 0 spiro atoms. The van der Waals surface area contributed by atoms with Gasteiger partial charge in [-0.25, -0.2) is 14.2 Å². The van der Waals surface area contributed by atoms with E-state index in [0.29, 0.717) is 5.56 Å². The number of nitrogens with one attached hydrogen (secondary N) is 1. The van der Waals surface area contributed by atoms with Crippen LogP contribution in [-0.4, -0.2) is 108 Å². The number of carboxylic acid groups (broad SMARTS) is 3. The van der Waals surface area contributed by atoms with E-state index in [1.807, 2.05) is 0 Å². The molecule has 0 aliphatic carbocycles. The molecular formula is C31H41FN6O12. The summed E-state index contributed by atoms with van der Waals surface area (Å²) in [7, 11) is 0. The number of ether oxygens (including phenoxy) is 1. The lowest BCUT2D eigenvalue weighted by Gasteiger charge is -2.43. The SMILES string of the molecule is CC(C)CC(N)C(=O)C(C(=O)O)(C(C(=O)O)C(=O)OCc1ccccc1)N(C(=O)C(N)CCC(=O)O)C(=O)C(N)Cc1cnc[nH]1.O=CCF. The minimum absolute atomic E-state index is 0.208. The van der Waals surface area contributed by atoms with Gasteiger partial charge in [0.05, 0.1) is 24.5 Å². The number of ketones is 1. The van der Waals surface area contributed by atoms with Crippen LogP contribution in [0.5, 0.6) is 0 Å². The predicted molar refractivity (Wildman–Crippen MR) is 169 cm³/mol. The van der Waals surface area contributed by atoms with Crippen molar-refractivity contribution in [3.63, 3.8) is 0 Å². The number of benzene rings is 1. The number of hydrogen-bond donors (Lipinski definition) is 7. The van der Waals surface area contributed by atoms with Crippen molar-refractivity contribution in [2.75, 3.05) is 6.67 Å². The number of aldehydes is 1. The first-order chi connectivity index (χ1) is 23.5. The van der Waals surface area contributed by atoms with E-state index in [-0.39, 0.29) is 29.2 Å². The Labute approximate surface area is 285 Å². The number of aliphatic carboxylic acids is 3. The van der Waals surface area contributed by atoms with Gasteiger partial charge in [-0.05, 0) is 24.3 Å². The number of carboxylic acids is 3. The number of amides is 2. The number of aromatic amines is 1. The summed E-state index contributed by atoms with van der Waals surface area (Å²) in [6, 6.07) is 2.17. The quantitative estimate of drug-likeness (QED) is 0.0533. The zero-order valence-electron chi connectivity index (χ0n) is 27.3. The minimum atomic E-state index is -3.88. The molecule has 1 aromatic heterocycles. The molecular weight excluding hydrogens is 667 g/mol. The first-order valence-corrected chi connectivity index (χ1v) is 15.0. The zero-order chi connectivity index (χ0) is 38.2. The van der Waals surface area contributed by atoms with Crippen molar-refractivity contribution in [2.24, 2.45) is 29.0 Å². The number of H-pyrrole nitrogens is 1. The number of esters is 1. The zero-order valence-corrected chi connectivity index (χ0v) is 27.3. The highest BCUT2D eigenvalue weighted by Crippen LogP contribution is 2.34. The van der Waals surface area contributed by atoms with Crippen molar-refractivity contribution in [1.29, 1.82) is 0 Å². The number of carbonyl (C=O) groups excluding carboxylic acids is 5. The summed E-state index contributed by atoms with van der Waals surface area (Å²) in [5.41, 5.74) is 14.8. The summed E-state index contributed by atoms with van der Waals surface area (Å²) in [4.78, 5) is 108. The Bertz CT molecular complexity index is 1490. The molecule has 0 saturated heterocycles. The maximum absolute atomic E-state index is 14.2. The molecule has 2 rings (SSSR count). The van der Waals surface area contributed by atoms with Crippen molar-refractivity contribution in [2.45, 2.75) is 69.8 Å². The normalized spacial score (nSPS) is 14.4. The molecule has 50 heavy (non-hydrogen) atoms. The Balaban J connectivity index is 0.00000295. The maximum Gasteiger partial charge on any atom is 0.339 e. The van der Waals surface area contributed by atoms with Gasteiger partial charge in [0, 0.05) is 24.7 Å². The first-order valence-electron chi connectivity index (χ1n) is 15.0. The van der Waals surface area contributed by atoms with Crippen molar-refractivity contribution >= 4 is 47.8 Å². The molecule has 0 saturated carbocycles. The molecule has 5 unspecified atom stereocenters. The molecule has 1 aromatic carbocycles. The Hall–Kier alpha value is -5.40. The van der Waals surface area contributed by atoms with E-state index >= 15 is 0 Å². The summed E-state index contributed by atoms with van der Waals surface area (Å²) in [5, 5.41) is 30.2. The molecule has 18 nitrogen and oxygen atoms in total. The van der Waals surface area contributed by atoms with E-state index in [2.05, 4.69) is 9.97 Å². The molecule has 0 radical (unpaired) electrons. The maximum atomic E-state index is 14.2. The highest BCUT2D eigenvalue weighted by Gasteiger charge is 2.68. The molecule has 1 heterocycles. The lowest BCUT2D eigenvalue weighted by atomic mass is 9.74. The number of halogens is 1. The third-order valence-electron chi connectivity index (χ3n) is 7.04. The van der Waals surface area contributed by atoms with Crippen LogP contribution in [0.15, 0.2) is 42.9 Å². The largest absolute Gasteiger partial charge is 0.481 e. The van der Waals surface area contributed by atoms with E-state index in [1.54, 1.807) is 32.0 Å². The van der Waals surface area contributed by atoms with Crippen LogP contribution in [0, 0.1) is 11.8 Å². The minimum Gasteiger partial charge on any atom is -0.481 e. The molecule has 5 atom stereocenters. The Kier molecular flexibility index (Phi) is 17.2. The summed E-state index contributed by atoms with van der Waals surface area (Å²) in [5.74, 6) is -16.3. The highest BCUT2D eigenvalue weighted by atomic mass is 19.1. The molecule has 0 aliphatic rings. The van der Waals surface area contributed by atoms with Gasteiger partial charge in [0.2, 0.25) is 17.4 Å². The lowest BCUT2D eigenvalue weighted by molar-refractivity contribution is -0.187. The van der Waals surface area contributed by atoms with E-state index in [4.69, 9.17) is 31.8 Å². The van der Waals surface area contributed by atoms with Gasteiger partial charge in [0.1, 0.15) is 13.3 Å². The van der Waals surface area contributed by atoms with Crippen LogP contribution < -0.4 is 17.2 Å². The average Bonchev–Trinajstić information content (AvgIpc) is 3.58. The van der Waals surface area contributed by atoms with Crippen molar-refractivity contribution < 1.29 is 62.8 Å². The molecule has 10 N–H and O–H groups in total. The number of rotatable bonds is 19. The van der Waals surface area contributed by atoms with Gasteiger partial charge < -0.3 is 47.0 Å². The lowest BCUT2D eigenvalue weighted by Crippen LogP contribution is -2.76. The number of carbonyl (C=O) groups is 8. The van der Waals surface area contributed by atoms with Crippen LogP contribution in [-0.2, 0) is 56.1 Å². The topological polar surface area (TPSA) is 316 Å². The van der Waals surface area contributed by atoms with Crippen molar-refractivity contribution in [3.05, 3.63) is 54.1 Å². The van der Waals surface area contributed by atoms with E-state index in [0.717, 1.165) is 0 Å². The summed E-state index contributed by atoms with van der Waals surface area (Å²) in [6.07, 6.45) is 0.596. The average molecular weight is 709 g/mol. The monoisotopic (exact) mass is 708 g/mol. The molecule has 2 amide bonds. The van der Waals surface area contributed by atoms with Gasteiger partial charge in [-0.15, -0.1) is 0 Å². The second-order valence-corrected chi connectivity index (χ2v) is 11.3. The number of Topliss-reactive ketones (excluding diaryl/α,β-unsaturated/α-hetero) is 1. The second kappa shape index (κ2) is 20.2. The van der Waals surface area contributed by atoms with Crippen LogP contribution >= 0.6 is 0 Å². The summed E-state index contributed by atoms with van der Waals surface area (Å²) in [6.45, 7) is 1.77. The molecule has 0 fully saturated rings. The van der Waals surface area contributed by atoms with Crippen LogP contribution in [0.2, 0.25) is 0 Å². The number of aromatic nitrogens is 2. The number of imide groups is 1. The van der Waals surface area contributed by atoms with Gasteiger partial charge in [0.25, 0.3) is 0 Å². The molecule has 2 aromatic rings. The van der Waals surface area contributed by atoms with Gasteiger partial charge >= 0.3 is 23.9 Å². The Morgan fingerprint density at radius 2 is 1.56 bits per heavy atom. The van der Waals surface area contributed by atoms with Crippen LogP contribution in [0.1, 0.15) is 44.4 Å². The molecule has 19 heteroatoms. The Morgan fingerprint density at radius 3 is 2.02 bits per heavy atom. The number of hydrogen-bond acceptors (Lipinski definition) is 13. The highest BCUT2D eigenvalue weighted by molar-refractivity contribution is 6.23. The number of alkyl halides is 1. The smallest absolute Gasteiger partial charge is 0.339 e. The van der Waals surface area contributed by atoms with Crippen molar-refractivity contribution in [3.8, 4) is 0 Å². The summed E-state index contributed by atoms with van der Waals surface area (Å²) < 4.78 is 15.5. The fraction of sp³-hybridized carbons (Fsp3) is 0.452. The predicted octanol–water partition coefficient (Wildman–Crippen LogP) is -0.808. The molecule has 0 aliphatic heterocycles. The molecule has 274 valence electrons. The number of nitrogens with two attached hydrogens (primary N) is 3. The third-order valence-corrected chi connectivity index (χ3v) is 7.04. The standard InChI is InChI=1S/C29H38N6O11.C2H3FO/c1-15(2)10-19(31)23(38)29(28(44)45,22(26(41)42)27(43)46-13-16-6-4-3-5-7-16)35(24(39)18(30)8-9-21(36)37)25(40)20(32)11-17-12-33-14-34-17;3-1-2-4/h3-7,12,14-15,18-20,22H,8-11,13,30-32H2,1-2H3,(H,33,34)(H,36,37)(H,41,42)(H,44,45);2H,1H2. The summed E-state index contributed by atoms with van der Waals surface area (Å²) >= 11 is 0. The van der Waals surface area contributed by atoms with Crippen LogP contribution in [0.4, 0.5) is 4.39 Å². The van der Waals surface area contributed by atoms with E-state index in [9.17, 15) is 48.2 Å². The van der Waals surface area contributed by atoms with Gasteiger partial charge in [0.15, 0.2) is 18.0 Å². The van der Waals surface area contributed by atoms with Crippen LogP contribution in [0.3, 0.4) is 0 Å². The fourth-order valence-electron chi connectivity index (χ4n) is 4.78. The van der Waals surface area contributed by atoms with Gasteiger partial charge in [-0.1, -0.05) is 44.2 Å². The van der Waals surface area contributed by atoms with Crippen LogP contribution in [0.25, 0.3) is 0 Å². The van der Waals surface area contributed by atoms with Gasteiger partial charge in [-0.2, -0.15) is 0 Å². The number of nitrogens with zero attached hydrogens (tertiary/aromatic N) is 2. The number of imidazole rings is 1. The van der Waals surface area contributed by atoms with E-state index in [1.165, 1.54) is 24.7 Å². The van der Waals surface area contributed by atoms with Crippen molar-refractivity contribution in [1.82, 2.24) is 14.9 Å². The molecule has 0 bridgehead atoms. The first kappa shape index (κ1) is 42.6. The third kappa shape index (κ3) is 11.3. The van der Waals surface area contributed by atoms with E-state index < -0.39 is 104 Å².